The highest BCUT2D eigenvalue weighted by molar-refractivity contribution is 6.01. The number of carbonyl (C=O) groups excluding carboxylic acids is 1. The Balaban J connectivity index is 0.000000709. The molecular formula is C25H26N4O7. The van der Waals surface area contributed by atoms with Gasteiger partial charge < -0.3 is 34.6 Å². The number of benzene rings is 2. The van der Waals surface area contributed by atoms with Crippen LogP contribution in [0, 0.1) is 0 Å². The molecule has 4 aromatic rings. The topological polar surface area (TPSA) is 159 Å². The first-order valence-electron chi connectivity index (χ1n) is 11.3. The van der Waals surface area contributed by atoms with Gasteiger partial charge in [0.25, 0.3) is 11.5 Å². The minimum atomic E-state index is -0.833. The number of hydrogen-bond acceptors (Lipinski definition) is 8. The van der Waals surface area contributed by atoms with Crippen LogP contribution in [0.5, 0.6) is 11.5 Å². The fraction of sp³-hybridized carbons (Fsp3) is 0.280. The van der Waals surface area contributed by atoms with Crippen molar-refractivity contribution in [1.82, 2.24) is 14.5 Å². The van der Waals surface area contributed by atoms with Crippen LogP contribution in [0.4, 0.5) is 0 Å². The van der Waals surface area contributed by atoms with E-state index >= 15 is 0 Å². The van der Waals surface area contributed by atoms with E-state index in [0.717, 1.165) is 24.2 Å². The average Bonchev–Trinajstić information content (AvgIpc) is 3.22. The lowest BCUT2D eigenvalue weighted by molar-refractivity contribution is -0.134. The third kappa shape index (κ3) is 5.01. The van der Waals surface area contributed by atoms with Gasteiger partial charge in [0.1, 0.15) is 18.9 Å². The number of esters is 1. The molecule has 5 rings (SSSR count). The molecule has 36 heavy (non-hydrogen) atoms. The van der Waals surface area contributed by atoms with E-state index in [1.54, 1.807) is 24.3 Å². The maximum absolute atomic E-state index is 13.0. The van der Waals surface area contributed by atoms with Crippen molar-refractivity contribution < 1.29 is 28.9 Å². The fourth-order valence-corrected chi connectivity index (χ4v) is 3.98. The lowest BCUT2D eigenvalue weighted by Crippen LogP contribution is -2.16. The molecule has 0 saturated heterocycles. The molecule has 2 aromatic carbocycles. The van der Waals surface area contributed by atoms with Gasteiger partial charge in [-0.1, -0.05) is 0 Å². The van der Waals surface area contributed by atoms with Crippen molar-refractivity contribution in [3.8, 4) is 22.8 Å². The van der Waals surface area contributed by atoms with Crippen LogP contribution >= 0.6 is 0 Å². The number of nitrogens with one attached hydrogen (secondary N) is 1. The summed E-state index contributed by atoms with van der Waals surface area (Å²) < 4.78 is 18.1. The zero-order valence-electron chi connectivity index (χ0n) is 19.9. The molecule has 3 heterocycles. The van der Waals surface area contributed by atoms with E-state index in [9.17, 15) is 9.59 Å². The van der Waals surface area contributed by atoms with E-state index in [1.165, 1.54) is 7.11 Å². The summed E-state index contributed by atoms with van der Waals surface area (Å²) in [5, 5.41) is 8.15. The highest BCUT2D eigenvalue weighted by Crippen LogP contribution is 2.34. The summed E-state index contributed by atoms with van der Waals surface area (Å²) in [7, 11) is 1.34. The molecule has 11 heteroatoms. The van der Waals surface area contributed by atoms with E-state index in [4.69, 9.17) is 29.8 Å². The second kappa shape index (κ2) is 10.5. The molecule has 2 aromatic heterocycles. The molecule has 0 amide bonds. The van der Waals surface area contributed by atoms with Crippen molar-refractivity contribution in [3.05, 3.63) is 52.4 Å². The van der Waals surface area contributed by atoms with Crippen LogP contribution < -0.4 is 20.8 Å². The van der Waals surface area contributed by atoms with E-state index in [0.29, 0.717) is 60.0 Å². The molecule has 1 aliphatic heterocycles. The lowest BCUT2D eigenvalue weighted by atomic mass is 10.1. The van der Waals surface area contributed by atoms with Crippen molar-refractivity contribution in [2.45, 2.75) is 19.9 Å². The van der Waals surface area contributed by atoms with Gasteiger partial charge in [-0.25, -0.2) is 9.78 Å². The largest absolute Gasteiger partial charge is 0.486 e. The van der Waals surface area contributed by atoms with Gasteiger partial charge in [-0.05, 0) is 31.2 Å². The summed E-state index contributed by atoms with van der Waals surface area (Å²) in [6.45, 7) is 3.21. The Morgan fingerprint density at radius 2 is 1.89 bits per heavy atom. The zero-order valence-corrected chi connectivity index (χ0v) is 19.9. The molecule has 0 saturated carbocycles. The number of aromatic amines is 1. The predicted molar refractivity (Wildman–Crippen MR) is 133 cm³/mol. The number of rotatable bonds is 5. The van der Waals surface area contributed by atoms with Crippen LogP contribution in [0.1, 0.15) is 23.7 Å². The Morgan fingerprint density at radius 1 is 1.19 bits per heavy atom. The van der Waals surface area contributed by atoms with Crippen LogP contribution in [-0.4, -0.2) is 58.4 Å². The van der Waals surface area contributed by atoms with Crippen molar-refractivity contribution in [3.63, 3.8) is 0 Å². The van der Waals surface area contributed by atoms with Crippen molar-refractivity contribution in [1.29, 1.82) is 0 Å². The van der Waals surface area contributed by atoms with Crippen LogP contribution in [0.3, 0.4) is 0 Å². The summed E-state index contributed by atoms with van der Waals surface area (Å²) in [4.78, 5) is 41.7. The lowest BCUT2D eigenvalue weighted by Gasteiger charge is -2.18. The standard InChI is InChI=1S/C23H22N4O5.C2H4O2/c1-30-23(29)13-3-4-18-14(9-13)15(12-27(18)6-2-5-24)21-22(28)26-17-11-20-19(10-16(17)25-21)31-7-8-32-20;1-2(3)4/h3-4,9-12H,2,5-8,24H2,1H3,(H,26,28);1H3,(H,3,4). The number of ether oxygens (including phenoxy) is 3. The van der Waals surface area contributed by atoms with Crippen LogP contribution in [0.2, 0.25) is 0 Å². The summed E-state index contributed by atoms with van der Waals surface area (Å²) in [5.41, 5.74) is 8.66. The molecule has 0 bridgehead atoms. The van der Waals surface area contributed by atoms with Crippen molar-refractivity contribution >= 4 is 33.9 Å². The molecule has 0 aliphatic carbocycles. The number of carbonyl (C=O) groups is 2. The highest BCUT2D eigenvalue weighted by Gasteiger charge is 2.19. The number of nitrogens with two attached hydrogens (primary N) is 1. The molecule has 11 nitrogen and oxygen atoms in total. The van der Waals surface area contributed by atoms with Gasteiger partial charge >= 0.3 is 5.97 Å². The predicted octanol–water partition coefficient (Wildman–Crippen LogP) is 2.54. The molecule has 0 radical (unpaired) electrons. The molecule has 188 valence electrons. The number of methoxy groups -OCH3 is 1. The smallest absolute Gasteiger partial charge is 0.337 e. The summed E-state index contributed by atoms with van der Waals surface area (Å²) >= 11 is 0. The first kappa shape index (κ1) is 24.7. The number of carboxylic acids is 1. The number of aryl methyl sites for hydroxylation is 1. The fourth-order valence-electron chi connectivity index (χ4n) is 3.98. The minimum Gasteiger partial charge on any atom is -0.486 e. The number of H-pyrrole nitrogens is 1. The highest BCUT2D eigenvalue weighted by atomic mass is 16.6. The van der Waals surface area contributed by atoms with Crippen LogP contribution in [-0.2, 0) is 16.1 Å². The number of carboxylic acid groups (broad SMARTS) is 1. The Labute approximate surface area is 205 Å². The molecule has 0 atom stereocenters. The monoisotopic (exact) mass is 494 g/mol. The van der Waals surface area contributed by atoms with Gasteiger partial charge in [-0.15, -0.1) is 0 Å². The molecule has 0 spiro atoms. The third-order valence-corrected chi connectivity index (χ3v) is 5.52. The number of hydrogen-bond donors (Lipinski definition) is 3. The van der Waals surface area contributed by atoms with Gasteiger partial charge in [0.05, 0.1) is 23.7 Å². The third-order valence-electron chi connectivity index (χ3n) is 5.52. The zero-order chi connectivity index (χ0) is 25.8. The Morgan fingerprint density at radius 3 is 2.56 bits per heavy atom. The van der Waals surface area contributed by atoms with Gasteiger partial charge in [0.2, 0.25) is 0 Å². The maximum Gasteiger partial charge on any atom is 0.337 e. The quantitative estimate of drug-likeness (QED) is 0.354. The summed E-state index contributed by atoms with van der Waals surface area (Å²) in [6.07, 6.45) is 2.65. The number of aromatic nitrogens is 3. The first-order valence-corrected chi connectivity index (χ1v) is 11.3. The molecule has 1 aliphatic rings. The Kier molecular flexibility index (Phi) is 7.20. The van der Waals surface area contributed by atoms with Gasteiger partial charge in [-0.2, -0.15) is 0 Å². The molecule has 0 fully saturated rings. The first-order chi connectivity index (χ1) is 17.3. The van der Waals surface area contributed by atoms with E-state index in [-0.39, 0.29) is 11.3 Å². The maximum atomic E-state index is 13.0. The van der Waals surface area contributed by atoms with Gasteiger partial charge in [-0.3, -0.25) is 9.59 Å². The van der Waals surface area contributed by atoms with Gasteiger partial charge in [0.15, 0.2) is 11.5 Å². The summed E-state index contributed by atoms with van der Waals surface area (Å²) in [5.74, 6) is -0.112. The Bertz CT molecular complexity index is 1500. The summed E-state index contributed by atoms with van der Waals surface area (Å²) in [6, 6.07) is 8.76. The van der Waals surface area contributed by atoms with Crippen LogP contribution in [0.25, 0.3) is 33.2 Å². The Hall–Kier alpha value is -4.38. The average molecular weight is 495 g/mol. The molecule has 0 unspecified atom stereocenters. The number of aliphatic carboxylic acids is 1. The SMILES string of the molecule is CC(=O)O.COC(=O)c1ccc2c(c1)c(-c1nc3cc4c(cc3[nH]c1=O)OCCO4)cn2CCCN. The molecule has 4 N–H and O–H groups in total. The second-order valence-corrected chi connectivity index (χ2v) is 8.05. The second-order valence-electron chi connectivity index (χ2n) is 8.05. The molecular weight excluding hydrogens is 468 g/mol. The van der Waals surface area contributed by atoms with Crippen LogP contribution in [0.15, 0.2) is 41.3 Å². The van der Waals surface area contributed by atoms with Gasteiger partial charge in [0, 0.05) is 48.3 Å². The van der Waals surface area contributed by atoms with Crippen molar-refractivity contribution in [2.75, 3.05) is 26.9 Å². The van der Waals surface area contributed by atoms with E-state index < -0.39 is 11.9 Å². The number of nitrogens with zero attached hydrogens (tertiary/aromatic N) is 2. The normalized spacial score (nSPS) is 12.2. The number of fused-ring (bicyclic) bond motifs is 3. The van der Waals surface area contributed by atoms with Crippen molar-refractivity contribution in [2.24, 2.45) is 5.73 Å². The van der Waals surface area contributed by atoms with E-state index in [1.807, 2.05) is 16.8 Å². The minimum absolute atomic E-state index is 0.257. The van der Waals surface area contributed by atoms with E-state index in [2.05, 4.69) is 9.97 Å².